The first-order chi connectivity index (χ1) is 12.1. The molecular formula is C19H28BrNO3S. The van der Waals surface area contributed by atoms with Crippen LogP contribution >= 0.6 is 15.9 Å². The molecule has 0 aromatic heterocycles. The van der Waals surface area contributed by atoms with Gasteiger partial charge in [0.2, 0.25) is 10.0 Å². The number of sulfonamides is 1. The smallest absolute Gasteiger partial charge is 0.232 e. The Balaban J connectivity index is 2.30. The second-order valence-corrected chi connectivity index (χ2v) is 8.44. The predicted octanol–water partition coefficient (Wildman–Crippen LogP) is 4.55. The van der Waals surface area contributed by atoms with Gasteiger partial charge in [0.05, 0.1) is 5.75 Å². The first-order valence-electron chi connectivity index (χ1n) is 8.80. The van der Waals surface area contributed by atoms with Crippen molar-refractivity contribution < 1.29 is 13.2 Å². The Morgan fingerprint density at radius 1 is 1.08 bits per heavy atom. The Labute approximate surface area is 160 Å². The number of halogens is 1. The molecule has 1 N–H and O–H groups in total. The summed E-state index contributed by atoms with van der Waals surface area (Å²) in [6.45, 7) is 3.14. The maximum absolute atomic E-state index is 11.8. The summed E-state index contributed by atoms with van der Waals surface area (Å²) >= 11 is 3.42. The molecule has 0 saturated carbocycles. The van der Waals surface area contributed by atoms with Crippen molar-refractivity contribution in [2.75, 3.05) is 29.0 Å². The van der Waals surface area contributed by atoms with Gasteiger partial charge in [-0.1, -0.05) is 54.0 Å². The lowest BCUT2D eigenvalue weighted by molar-refractivity contribution is 0.162. The van der Waals surface area contributed by atoms with Crippen molar-refractivity contribution in [2.45, 2.75) is 45.4 Å². The largest absolute Gasteiger partial charge is 0.369 e. The summed E-state index contributed by atoms with van der Waals surface area (Å²) in [5, 5.41) is 1.07. The molecule has 0 aliphatic carbocycles. The highest BCUT2D eigenvalue weighted by molar-refractivity contribution is 9.09. The average Bonchev–Trinajstić information content (AvgIpc) is 2.60. The van der Waals surface area contributed by atoms with Crippen LogP contribution in [-0.2, 0) is 14.8 Å². The Morgan fingerprint density at radius 2 is 1.80 bits per heavy atom. The van der Waals surface area contributed by atoms with Crippen LogP contribution in [0.2, 0.25) is 0 Å². The second kappa shape index (κ2) is 13.2. The molecule has 0 radical (unpaired) electrons. The summed E-state index contributed by atoms with van der Waals surface area (Å²) in [6, 6.07) is 7.09. The van der Waals surface area contributed by atoms with Gasteiger partial charge in [-0.05, 0) is 43.5 Å². The summed E-state index contributed by atoms with van der Waals surface area (Å²) in [4.78, 5) is 0. The van der Waals surface area contributed by atoms with Crippen LogP contribution in [0, 0.1) is 11.8 Å². The normalized spacial score (nSPS) is 11.0. The summed E-state index contributed by atoms with van der Waals surface area (Å²) in [6.07, 6.45) is 6.22. The molecule has 1 aromatic rings. The fourth-order valence-electron chi connectivity index (χ4n) is 2.10. The van der Waals surface area contributed by atoms with E-state index < -0.39 is 10.0 Å². The lowest BCUT2D eigenvalue weighted by atomic mass is 10.2. The highest BCUT2D eigenvalue weighted by atomic mass is 79.9. The minimum Gasteiger partial charge on any atom is -0.369 e. The van der Waals surface area contributed by atoms with Gasteiger partial charge in [0.25, 0.3) is 0 Å². The maximum atomic E-state index is 11.8. The summed E-state index contributed by atoms with van der Waals surface area (Å²) in [5.74, 6) is 6.15. The van der Waals surface area contributed by atoms with Crippen molar-refractivity contribution in [1.29, 1.82) is 0 Å². The van der Waals surface area contributed by atoms with Crippen LogP contribution in [0.25, 0.3) is 0 Å². The van der Waals surface area contributed by atoms with Crippen molar-refractivity contribution in [3.8, 4) is 11.8 Å². The van der Waals surface area contributed by atoms with Crippen molar-refractivity contribution in [2.24, 2.45) is 0 Å². The van der Waals surface area contributed by atoms with E-state index in [1.54, 1.807) is 12.1 Å². The van der Waals surface area contributed by atoms with Crippen molar-refractivity contribution >= 4 is 31.6 Å². The Kier molecular flexibility index (Phi) is 11.6. The number of ether oxygens (including phenoxy) is 1. The standard InChI is InChI=1S/C19H28BrNO3S/c1-2-3-17-25(22,23)21-19-12-10-18(11-13-19)9-8-16-24-15-7-5-4-6-14-20/h10-13,21H,2-7,14-17H2,1H3. The molecule has 0 bridgehead atoms. The van der Waals surface area contributed by atoms with E-state index in [0.717, 1.165) is 30.3 Å². The number of alkyl halides is 1. The zero-order chi connectivity index (χ0) is 18.4. The molecule has 25 heavy (non-hydrogen) atoms. The molecule has 0 fully saturated rings. The molecule has 0 atom stereocenters. The third-order valence-electron chi connectivity index (χ3n) is 3.50. The van der Waals surface area contributed by atoms with E-state index in [1.165, 1.54) is 19.3 Å². The van der Waals surface area contributed by atoms with Crippen LogP contribution < -0.4 is 4.72 Å². The van der Waals surface area contributed by atoms with Gasteiger partial charge < -0.3 is 4.74 Å². The van der Waals surface area contributed by atoms with Crippen LogP contribution in [0.4, 0.5) is 5.69 Å². The van der Waals surface area contributed by atoms with Gasteiger partial charge in [-0.3, -0.25) is 4.72 Å². The molecule has 4 nitrogen and oxygen atoms in total. The van der Waals surface area contributed by atoms with E-state index in [0.29, 0.717) is 18.7 Å². The predicted molar refractivity (Wildman–Crippen MR) is 109 cm³/mol. The number of benzene rings is 1. The number of hydrogen-bond donors (Lipinski definition) is 1. The van der Waals surface area contributed by atoms with Crippen molar-refractivity contribution in [3.05, 3.63) is 29.8 Å². The molecule has 0 amide bonds. The van der Waals surface area contributed by atoms with Crippen LogP contribution in [-0.4, -0.2) is 32.7 Å². The van der Waals surface area contributed by atoms with Crippen LogP contribution in [0.3, 0.4) is 0 Å². The zero-order valence-electron chi connectivity index (χ0n) is 14.9. The van der Waals surface area contributed by atoms with E-state index in [4.69, 9.17) is 4.74 Å². The number of anilines is 1. The number of nitrogens with one attached hydrogen (secondary N) is 1. The third kappa shape index (κ3) is 11.2. The third-order valence-corrected chi connectivity index (χ3v) is 5.44. The molecule has 0 spiro atoms. The van der Waals surface area contributed by atoms with Gasteiger partial charge in [-0.25, -0.2) is 8.42 Å². The Bertz CT molecular complexity index is 633. The molecule has 0 unspecified atom stereocenters. The SMILES string of the molecule is CCCCS(=O)(=O)Nc1ccc(C#CCOCCCCCCBr)cc1. The van der Waals surface area contributed by atoms with Crippen LogP contribution in [0.1, 0.15) is 51.0 Å². The molecule has 0 heterocycles. The monoisotopic (exact) mass is 429 g/mol. The van der Waals surface area contributed by atoms with Crippen molar-refractivity contribution in [3.63, 3.8) is 0 Å². The first kappa shape index (κ1) is 22.0. The fraction of sp³-hybridized carbons (Fsp3) is 0.579. The molecule has 1 aromatic carbocycles. The topological polar surface area (TPSA) is 55.4 Å². The lowest BCUT2D eigenvalue weighted by Gasteiger charge is -2.07. The molecule has 140 valence electrons. The molecule has 0 aliphatic rings. The summed E-state index contributed by atoms with van der Waals surface area (Å²) in [5.41, 5.74) is 1.42. The number of unbranched alkanes of at least 4 members (excludes halogenated alkanes) is 4. The number of rotatable bonds is 12. The van der Waals surface area contributed by atoms with E-state index in [1.807, 2.05) is 19.1 Å². The average molecular weight is 430 g/mol. The van der Waals surface area contributed by atoms with Crippen LogP contribution in [0.5, 0.6) is 0 Å². The van der Waals surface area contributed by atoms with Crippen molar-refractivity contribution in [1.82, 2.24) is 0 Å². The van der Waals surface area contributed by atoms with Gasteiger partial charge in [-0.15, -0.1) is 0 Å². The van der Waals surface area contributed by atoms with Gasteiger partial charge in [-0.2, -0.15) is 0 Å². The molecule has 0 aliphatic heterocycles. The van der Waals surface area contributed by atoms with E-state index in [-0.39, 0.29) is 5.75 Å². The highest BCUT2D eigenvalue weighted by Gasteiger charge is 2.08. The van der Waals surface area contributed by atoms with Crippen LogP contribution in [0.15, 0.2) is 24.3 Å². The van der Waals surface area contributed by atoms with Gasteiger partial charge in [0, 0.05) is 23.2 Å². The van der Waals surface area contributed by atoms with E-state index >= 15 is 0 Å². The van der Waals surface area contributed by atoms with Gasteiger partial charge in [0.1, 0.15) is 6.61 Å². The molecule has 0 saturated heterocycles. The molecule has 6 heteroatoms. The molecular weight excluding hydrogens is 402 g/mol. The Hall–Kier alpha value is -1.03. The summed E-state index contributed by atoms with van der Waals surface area (Å²) in [7, 11) is -3.25. The summed E-state index contributed by atoms with van der Waals surface area (Å²) < 4.78 is 31.7. The second-order valence-electron chi connectivity index (χ2n) is 5.81. The number of hydrogen-bond acceptors (Lipinski definition) is 3. The van der Waals surface area contributed by atoms with Gasteiger partial charge in [0.15, 0.2) is 0 Å². The van der Waals surface area contributed by atoms with E-state index in [2.05, 4.69) is 32.5 Å². The fourth-order valence-corrected chi connectivity index (χ4v) is 3.76. The minimum absolute atomic E-state index is 0.151. The Morgan fingerprint density at radius 3 is 2.48 bits per heavy atom. The zero-order valence-corrected chi connectivity index (χ0v) is 17.3. The van der Waals surface area contributed by atoms with E-state index in [9.17, 15) is 8.42 Å². The first-order valence-corrected chi connectivity index (χ1v) is 11.6. The lowest BCUT2D eigenvalue weighted by Crippen LogP contribution is -2.16. The quantitative estimate of drug-likeness (QED) is 0.301. The maximum Gasteiger partial charge on any atom is 0.232 e. The van der Waals surface area contributed by atoms with Gasteiger partial charge >= 0.3 is 0 Å². The minimum atomic E-state index is -3.25. The molecule has 1 rings (SSSR count). The highest BCUT2D eigenvalue weighted by Crippen LogP contribution is 2.11.